The maximum Gasteiger partial charge on any atom is 0.415 e. The van der Waals surface area contributed by atoms with Gasteiger partial charge >= 0.3 is 12.1 Å². The van der Waals surface area contributed by atoms with Gasteiger partial charge < -0.3 is 29.1 Å². The molecular weight excluding hydrogens is 556 g/mol. The minimum Gasteiger partial charge on any atom is -0.481 e. The summed E-state index contributed by atoms with van der Waals surface area (Å²) in [5.74, 6) is -0.425. The highest BCUT2D eigenvalue weighted by atomic mass is 35.5. The predicted molar refractivity (Wildman–Crippen MR) is 161 cm³/mol. The second-order valence-corrected chi connectivity index (χ2v) is 11.8. The minimum atomic E-state index is -0.823. The lowest BCUT2D eigenvalue weighted by atomic mass is 9.91. The van der Waals surface area contributed by atoms with Crippen LogP contribution in [0.1, 0.15) is 74.9 Å². The molecule has 5 rings (SSSR count). The number of ether oxygens (including phenoxy) is 3. The highest BCUT2D eigenvalue weighted by Crippen LogP contribution is 2.44. The molecule has 8 nitrogen and oxygen atoms in total. The molecule has 3 aliphatic rings. The Morgan fingerprint density at radius 2 is 1.67 bits per heavy atom. The van der Waals surface area contributed by atoms with E-state index in [1.165, 1.54) is 32.4 Å². The van der Waals surface area contributed by atoms with Gasteiger partial charge in [0.05, 0.1) is 12.7 Å². The van der Waals surface area contributed by atoms with E-state index >= 15 is 0 Å². The molecule has 2 aromatic carbocycles. The van der Waals surface area contributed by atoms with Gasteiger partial charge in [0.15, 0.2) is 6.29 Å². The molecular formula is C33H41ClN2O6. The number of amides is 1. The van der Waals surface area contributed by atoms with E-state index in [9.17, 15) is 9.59 Å². The zero-order chi connectivity index (χ0) is 29.3. The number of nitrogens with zero attached hydrogens (tertiary/aromatic N) is 2. The lowest BCUT2D eigenvalue weighted by molar-refractivity contribution is -0.244. The normalized spacial score (nSPS) is 24.1. The molecule has 42 heavy (non-hydrogen) atoms. The summed E-state index contributed by atoms with van der Waals surface area (Å²) in [6.45, 7) is 4.11. The molecule has 226 valence electrons. The Labute approximate surface area is 253 Å². The summed E-state index contributed by atoms with van der Waals surface area (Å²) in [6.07, 6.45) is 9.36. The average molecular weight is 597 g/mol. The fraction of sp³-hybridized carbons (Fsp3) is 0.515. The fourth-order valence-electron chi connectivity index (χ4n) is 6.19. The van der Waals surface area contributed by atoms with Crippen LogP contribution in [0, 0.1) is 5.92 Å². The Morgan fingerprint density at radius 3 is 2.40 bits per heavy atom. The summed E-state index contributed by atoms with van der Waals surface area (Å²) in [7, 11) is 0. The largest absolute Gasteiger partial charge is 0.481 e. The van der Waals surface area contributed by atoms with Gasteiger partial charge in [-0.05, 0) is 63.7 Å². The first-order chi connectivity index (χ1) is 20.5. The maximum atomic E-state index is 13.3. The fourth-order valence-corrected chi connectivity index (χ4v) is 6.41. The third-order valence-electron chi connectivity index (χ3n) is 8.50. The van der Waals surface area contributed by atoms with E-state index in [1.54, 1.807) is 6.07 Å². The molecule has 0 aromatic heterocycles. The molecule has 1 N–H and O–H groups in total. The standard InChI is InChI=1S/C33H41ClN2O6/c34-28-14-7-5-12-26(28)32-40-23-24(11-3-1-4-16-30(37)38)31(42-32)27-13-6-8-15-29(27)41-33(39)36-21-17-25(18-22-36)35-19-9-2-10-20-35/h1,3,5-8,12-15,24-25,31-32H,2,4,9-11,16-23H2,(H,37,38). The van der Waals surface area contributed by atoms with Crippen molar-refractivity contribution in [3.8, 4) is 5.75 Å². The van der Waals surface area contributed by atoms with Crippen LogP contribution in [0.25, 0.3) is 0 Å². The van der Waals surface area contributed by atoms with E-state index in [1.807, 2.05) is 59.5 Å². The van der Waals surface area contributed by atoms with Gasteiger partial charge in [-0.2, -0.15) is 0 Å². The number of carboxylic acids is 1. The quantitative estimate of drug-likeness (QED) is 0.312. The van der Waals surface area contributed by atoms with Crippen LogP contribution < -0.4 is 4.74 Å². The van der Waals surface area contributed by atoms with Crippen molar-refractivity contribution in [2.24, 2.45) is 5.92 Å². The van der Waals surface area contributed by atoms with Gasteiger partial charge in [0.1, 0.15) is 5.75 Å². The summed E-state index contributed by atoms with van der Waals surface area (Å²) >= 11 is 6.48. The van der Waals surface area contributed by atoms with Gasteiger partial charge in [-0.1, -0.05) is 66.6 Å². The monoisotopic (exact) mass is 596 g/mol. The van der Waals surface area contributed by atoms with Crippen LogP contribution in [0.5, 0.6) is 5.75 Å². The first kappa shape index (κ1) is 30.5. The number of carbonyl (C=O) groups is 2. The summed E-state index contributed by atoms with van der Waals surface area (Å²) in [6, 6.07) is 15.5. The number of para-hydroxylation sites is 1. The molecule has 3 aliphatic heterocycles. The van der Waals surface area contributed by atoms with Crippen molar-refractivity contribution in [3.63, 3.8) is 0 Å². The topological polar surface area (TPSA) is 88.5 Å². The Hall–Kier alpha value is -2.91. The van der Waals surface area contributed by atoms with E-state index in [4.69, 9.17) is 30.9 Å². The van der Waals surface area contributed by atoms with Crippen LogP contribution in [0.2, 0.25) is 5.02 Å². The molecule has 3 fully saturated rings. The molecule has 3 heterocycles. The molecule has 3 atom stereocenters. The molecule has 3 unspecified atom stereocenters. The molecule has 1 amide bonds. The Bertz CT molecular complexity index is 1220. The summed E-state index contributed by atoms with van der Waals surface area (Å²) in [5.41, 5.74) is 1.52. The predicted octanol–water partition coefficient (Wildman–Crippen LogP) is 7.00. The highest BCUT2D eigenvalue weighted by molar-refractivity contribution is 6.31. The van der Waals surface area contributed by atoms with E-state index in [0.29, 0.717) is 49.4 Å². The molecule has 2 aromatic rings. The number of likely N-dealkylation sites (tertiary alicyclic amines) is 2. The van der Waals surface area contributed by atoms with E-state index in [-0.39, 0.29) is 18.4 Å². The Balaban J connectivity index is 1.29. The van der Waals surface area contributed by atoms with E-state index in [0.717, 1.165) is 24.0 Å². The number of hydrogen-bond acceptors (Lipinski definition) is 6. The number of hydrogen-bond donors (Lipinski definition) is 1. The van der Waals surface area contributed by atoms with Gasteiger partial charge in [0, 0.05) is 47.6 Å². The zero-order valence-electron chi connectivity index (χ0n) is 24.0. The molecule has 0 bridgehead atoms. The van der Waals surface area contributed by atoms with Gasteiger partial charge in [-0.25, -0.2) is 4.79 Å². The molecule has 0 saturated carbocycles. The molecule has 0 aliphatic carbocycles. The highest BCUT2D eigenvalue weighted by Gasteiger charge is 2.36. The number of carbonyl (C=O) groups excluding carboxylic acids is 1. The number of benzene rings is 2. The summed E-state index contributed by atoms with van der Waals surface area (Å²) in [4.78, 5) is 28.7. The van der Waals surface area contributed by atoms with Crippen molar-refractivity contribution in [1.82, 2.24) is 9.80 Å². The van der Waals surface area contributed by atoms with Crippen molar-refractivity contribution in [2.45, 2.75) is 69.8 Å². The van der Waals surface area contributed by atoms with Crippen LogP contribution in [0.4, 0.5) is 4.79 Å². The van der Waals surface area contributed by atoms with E-state index < -0.39 is 18.4 Å². The molecule has 9 heteroatoms. The van der Waals surface area contributed by atoms with Crippen molar-refractivity contribution in [3.05, 3.63) is 76.8 Å². The lowest BCUT2D eigenvalue weighted by Crippen LogP contribution is -2.48. The number of carboxylic acid groups (broad SMARTS) is 1. The molecule has 0 radical (unpaired) electrons. The van der Waals surface area contributed by atoms with Crippen molar-refractivity contribution < 1.29 is 28.9 Å². The number of aliphatic carboxylic acids is 1. The first-order valence-corrected chi connectivity index (χ1v) is 15.6. The Morgan fingerprint density at radius 1 is 0.952 bits per heavy atom. The van der Waals surface area contributed by atoms with Crippen LogP contribution in [-0.2, 0) is 14.3 Å². The smallest absolute Gasteiger partial charge is 0.415 e. The second-order valence-electron chi connectivity index (χ2n) is 11.4. The number of rotatable bonds is 9. The van der Waals surface area contributed by atoms with Crippen LogP contribution in [-0.4, -0.2) is 65.8 Å². The average Bonchev–Trinajstić information content (AvgIpc) is 3.02. The van der Waals surface area contributed by atoms with Crippen molar-refractivity contribution >= 4 is 23.7 Å². The van der Waals surface area contributed by atoms with Crippen LogP contribution in [0.15, 0.2) is 60.7 Å². The number of halogens is 1. The molecule has 3 saturated heterocycles. The van der Waals surface area contributed by atoms with Crippen LogP contribution >= 0.6 is 11.6 Å². The first-order valence-electron chi connectivity index (χ1n) is 15.2. The molecule has 0 spiro atoms. The zero-order valence-corrected chi connectivity index (χ0v) is 24.8. The lowest BCUT2D eigenvalue weighted by Gasteiger charge is -2.40. The summed E-state index contributed by atoms with van der Waals surface area (Å²) in [5, 5.41) is 9.51. The van der Waals surface area contributed by atoms with E-state index in [2.05, 4.69) is 4.90 Å². The van der Waals surface area contributed by atoms with Crippen molar-refractivity contribution in [2.75, 3.05) is 32.8 Å². The third-order valence-corrected chi connectivity index (χ3v) is 8.85. The van der Waals surface area contributed by atoms with Gasteiger partial charge in [0.2, 0.25) is 0 Å². The SMILES string of the molecule is O=C(O)CCC=CCC1COC(c2ccccc2Cl)OC1c1ccccc1OC(=O)N1CCC(N2CCCCC2)CC1. The Kier molecular flexibility index (Phi) is 10.9. The van der Waals surface area contributed by atoms with Gasteiger partial charge in [0.25, 0.3) is 0 Å². The third kappa shape index (κ3) is 7.92. The van der Waals surface area contributed by atoms with Crippen LogP contribution in [0.3, 0.4) is 0 Å². The van der Waals surface area contributed by atoms with Crippen molar-refractivity contribution in [1.29, 1.82) is 0 Å². The number of allylic oxidation sites excluding steroid dienone is 2. The summed E-state index contributed by atoms with van der Waals surface area (Å²) < 4.78 is 18.7. The van der Waals surface area contributed by atoms with Gasteiger partial charge in [-0.3, -0.25) is 4.79 Å². The minimum absolute atomic E-state index is 0.0787. The number of piperidine rings is 2. The van der Waals surface area contributed by atoms with Gasteiger partial charge in [-0.15, -0.1) is 0 Å². The maximum absolute atomic E-state index is 13.3. The second kappa shape index (κ2) is 15.0.